The van der Waals surface area contributed by atoms with Crippen LogP contribution in [0.3, 0.4) is 0 Å². The highest BCUT2D eigenvalue weighted by Crippen LogP contribution is 2.48. The van der Waals surface area contributed by atoms with Gasteiger partial charge in [-0.3, -0.25) is 20.2 Å². The van der Waals surface area contributed by atoms with Crippen LogP contribution >= 0.6 is 0 Å². The van der Waals surface area contributed by atoms with Crippen molar-refractivity contribution in [2.75, 3.05) is 11.4 Å². The summed E-state index contributed by atoms with van der Waals surface area (Å²) in [5.41, 5.74) is -3.02. The van der Waals surface area contributed by atoms with E-state index in [1.54, 1.807) is 13.8 Å². The Bertz CT molecular complexity index is 961. The van der Waals surface area contributed by atoms with Gasteiger partial charge in [-0.1, -0.05) is 0 Å². The van der Waals surface area contributed by atoms with Crippen molar-refractivity contribution in [3.63, 3.8) is 0 Å². The molecule has 3 atom stereocenters. The van der Waals surface area contributed by atoms with E-state index in [1.165, 1.54) is 4.90 Å². The fourth-order valence-electron chi connectivity index (χ4n) is 4.69. The summed E-state index contributed by atoms with van der Waals surface area (Å²) >= 11 is 0. The van der Waals surface area contributed by atoms with E-state index in [9.17, 15) is 33.1 Å². The van der Waals surface area contributed by atoms with E-state index in [-0.39, 0.29) is 17.8 Å². The summed E-state index contributed by atoms with van der Waals surface area (Å²) in [5, 5.41) is 13.3. The molecule has 4 rings (SSSR count). The molecule has 11 heteroatoms. The lowest BCUT2D eigenvalue weighted by Gasteiger charge is -2.55. The second kappa shape index (κ2) is 6.21. The van der Waals surface area contributed by atoms with Crippen LogP contribution in [-0.4, -0.2) is 53.7 Å². The average molecular weight is 409 g/mol. The predicted molar refractivity (Wildman–Crippen MR) is 92.3 cm³/mol. The van der Waals surface area contributed by atoms with Gasteiger partial charge in [-0.05, 0) is 25.5 Å². The topological polar surface area (TPSA) is 125 Å². The molecular weight excluding hydrogens is 392 g/mol. The summed E-state index contributed by atoms with van der Waals surface area (Å²) < 4.78 is 35.1. The Labute approximate surface area is 163 Å². The van der Waals surface area contributed by atoms with Gasteiger partial charge >= 0.3 is 12.0 Å². The molecule has 3 aliphatic rings. The molecule has 2 fully saturated rings. The quantitative estimate of drug-likeness (QED) is 0.579. The van der Waals surface area contributed by atoms with Crippen molar-refractivity contribution in [3.8, 4) is 0 Å². The Morgan fingerprint density at radius 2 is 1.83 bits per heavy atom. The van der Waals surface area contributed by atoms with Gasteiger partial charge in [-0.25, -0.2) is 18.4 Å². The first kappa shape index (κ1) is 19.2. The van der Waals surface area contributed by atoms with Crippen LogP contribution in [0.25, 0.3) is 0 Å². The Kier molecular flexibility index (Phi) is 4.12. The van der Waals surface area contributed by atoms with Crippen LogP contribution in [0, 0.1) is 17.0 Å². The fraction of sp³-hybridized carbons (Fsp3) is 0.444. The van der Waals surface area contributed by atoms with Gasteiger partial charge in [0.1, 0.15) is 0 Å². The predicted octanol–water partition coefficient (Wildman–Crippen LogP) is 0.554. The Hall–Kier alpha value is -3.08. The minimum absolute atomic E-state index is 0.0153. The lowest BCUT2D eigenvalue weighted by molar-refractivity contribution is -0.153. The standard InChI is InChI=1S/C18H17F2N3O6/c1-6-5-23-12-8(3-9(14(24)25)10(19)11(12)20)4-18(13(23)7(2)29-6)15(26)21-17(28)22-16(18)27/h3,6-7,13H,4-5H2,1-2H3,(H,24,25)(H2,21,22,26,27,28)/t6-,7+,13-/m1/s1. The molecule has 3 heterocycles. The van der Waals surface area contributed by atoms with Crippen LogP contribution in [0.15, 0.2) is 6.07 Å². The molecule has 1 aromatic rings. The molecule has 0 radical (unpaired) electrons. The lowest BCUT2D eigenvalue weighted by atomic mass is 9.66. The maximum atomic E-state index is 15.0. The number of carboxylic acid groups (broad SMARTS) is 1. The number of carbonyl (C=O) groups is 4. The number of nitrogens with one attached hydrogen (secondary N) is 2. The summed E-state index contributed by atoms with van der Waals surface area (Å²) in [6, 6.07) is -1.10. The zero-order valence-corrected chi connectivity index (χ0v) is 15.4. The van der Waals surface area contributed by atoms with Crippen molar-refractivity contribution >= 4 is 29.5 Å². The molecule has 0 saturated carbocycles. The molecule has 154 valence electrons. The van der Waals surface area contributed by atoms with E-state index < -0.39 is 71.1 Å². The second-order valence-electron chi connectivity index (χ2n) is 7.50. The number of nitrogens with zero attached hydrogens (tertiary/aromatic N) is 1. The van der Waals surface area contributed by atoms with Gasteiger partial charge in [0.25, 0.3) is 0 Å². The third kappa shape index (κ3) is 2.53. The summed E-state index contributed by atoms with van der Waals surface area (Å²) in [6.45, 7) is 3.32. The van der Waals surface area contributed by atoms with Gasteiger partial charge in [0.15, 0.2) is 17.0 Å². The normalized spacial score (nSPS) is 27.8. The third-order valence-corrected chi connectivity index (χ3v) is 5.70. The summed E-state index contributed by atoms with van der Waals surface area (Å²) in [5.74, 6) is -6.38. The van der Waals surface area contributed by atoms with Crippen molar-refractivity contribution < 1.29 is 37.8 Å². The minimum Gasteiger partial charge on any atom is -0.478 e. The minimum atomic E-state index is -1.89. The molecule has 0 aromatic heterocycles. The van der Waals surface area contributed by atoms with E-state index >= 15 is 0 Å². The average Bonchev–Trinajstić information content (AvgIpc) is 2.61. The zero-order chi connectivity index (χ0) is 21.2. The number of hydrogen-bond donors (Lipinski definition) is 3. The van der Waals surface area contributed by atoms with Gasteiger partial charge in [0.05, 0.1) is 29.5 Å². The van der Waals surface area contributed by atoms with Crippen LogP contribution in [0.2, 0.25) is 0 Å². The number of hydrogen-bond acceptors (Lipinski definition) is 6. The van der Waals surface area contributed by atoms with E-state index in [0.717, 1.165) is 6.07 Å². The van der Waals surface area contributed by atoms with Crippen molar-refractivity contribution in [1.29, 1.82) is 0 Å². The molecule has 0 unspecified atom stereocenters. The van der Waals surface area contributed by atoms with E-state index in [0.29, 0.717) is 0 Å². The van der Waals surface area contributed by atoms with Gasteiger partial charge in [-0.2, -0.15) is 0 Å². The molecule has 3 N–H and O–H groups in total. The number of imide groups is 2. The maximum absolute atomic E-state index is 15.0. The Morgan fingerprint density at radius 3 is 2.41 bits per heavy atom. The molecule has 1 spiro atoms. The van der Waals surface area contributed by atoms with E-state index in [2.05, 4.69) is 10.6 Å². The number of barbiturate groups is 1. The monoisotopic (exact) mass is 409 g/mol. The number of carbonyl (C=O) groups excluding carboxylic acids is 3. The van der Waals surface area contributed by atoms with Crippen molar-refractivity contribution in [2.24, 2.45) is 5.41 Å². The molecule has 4 amide bonds. The number of aromatic carboxylic acids is 1. The first-order valence-corrected chi connectivity index (χ1v) is 8.91. The molecule has 1 aromatic carbocycles. The molecular formula is C18H17F2N3O6. The number of fused-ring (bicyclic) bond motifs is 4. The maximum Gasteiger partial charge on any atom is 0.338 e. The van der Waals surface area contributed by atoms with Crippen molar-refractivity contribution in [1.82, 2.24) is 10.6 Å². The fourth-order valence-corrected chi connectivity index (χ4v) is 4.69. The highest BCUT2D eigenvalue weighted by molar-refractivity contribution is 6.20. The number of urea groups is 1. The Balaban J connectivity index is 1.99. The number of anilines is 1. The molecule has 2 saturated heterocycles. The third-order valence-electron chi connectivity index (χ3n) is 5.70. The van der Waals surface area contributed by atoms with Gasteiger partial charge in [0, 0.05) is 13.0 Å². The first-order valence-electron chi connectivity index (χ1n) is 8.91. The number of halogens is 2. The molecule has 3 aliphatic heterocycles. The van der Waals surface area contributed by atoms with Crippen LogP contribution in [0.4, 0.5) is 19.3 Å². The van der Waals surface area contributed by atoms with Crippen LogP contribution in [-0.2, 0) is 20.7 Å². The highest BCUT2D eigenvalue weighted by Gasteiger charge is 2.63. The van der Waals surface area contributed by atoms with Crippen molar-refractivity contribution in [3.05, 3.63) is 28.8 Å². The molecule has 29 heavy (non-hydrogen) atoms. The van der Waals surface area contributed by atoms with E-state index in [4.69, 9.17) is 4.74 Å². The smallest absolute Gasteiger partial charge is 0.338 e. The number of amides is 4. The zero-order valence-electron chi connectivity index (χ0n) is 15.4. The Morgan fingerprint density at radius 1 is 1.21 bits per heavy atom. The van der Waals surface area contributed by atoms with Crippen LogP contribution < -0.4 is 15.5 Å². The summed E-state index contributed by atoms with van der Waals surface area (Å²) in [6.07, 6.45) is -1.62. The number of rotatable bonds is 1. The van der Waals surface area contributed by atoms with Crippen molar-refractivity contribution in [2.45, 2.75) is 38.5 Å². The number of ether oxygens (including phenoxy) is 1. The molecule has 0 aliphatic carbocycles. The van der Waals surface area contributed by atoms with Gasteiger partial charge in [-0.15, -0.1) is 0 Å². The van der Waals surface area contributed by atoms with Gasteiger partial charge in [0.2, 0.25) is 11.8 Å². The van der Waals surface area contributed by atoms with Crippen LogP contribution in [0.5, 0.6) is 0 Å². The number of morpholine rings is 1. The van der Waals surface area contributed by atoms with Crippen LogP contribution in [0.1, 0.15) is 29.8 Å². The summed E-state index contributed by atoms with van der Waals surface area (Å²) in [7, 11) is 0. The highest BCUT2D eigenvalue weighted by atomic mass is 19.2. The van der Waals surface area contributed by atoms with Gasteiger partial charge < -0.3 is 14.7 Å². The first-order chi connectivity index (χ1) is 13.6. The largest absolute Gasteiger partial charge is 0.478 e. The molecule has 9 nitrogen and oxygen atoms in total. The summed E-state index contributed by atoms with van der Waals surface area (Å²) in [4.78, 5) is 50.1. The SMILES string of the molecule is C[C@@H]1CN2c3c(cc(C(=O)O)c(F)c3F)CC3(C(=O)NC(=O)NC3=O)[C@H]2[C@H](C)O1. The number of carboxylic acids is 1. The molecule has 0 bridgehead atoms. The second-order valence-corrected chi connectivity index (χ2v) is 7.50. The van der Waals surface area contributed by atoms with E-state index in [1.807, 2.05) is 0 Å². The number of benzene rings is 1. The lowest BCUT2D eigenvalue weighted by Crippen LogP contribution is -2.75.